The van der Waals surface area contributed by atoms with Crippen LogP contribution in [0.5, 0.6) is 0 Å². The molecule has 110 valence electrons. The highest BCUT2D eigenvalue weighted by atomic mass is 32.2. The van der Waals surface area contributed by atoms with Gasteiger partial charge >= 0.3 is 12.0 Å². The predicted octanol–water partition coefficient (Wildman–Crippen LogP) is 0.795. The molecule has 1 fully saturated rings. The van der Waals surface area contributed by atoms with Gasteiger partial charge in [0.05, 0.1) is 0 Å². The Morgan fingerprint density at radius 2 is 2.16 bits per heavy atom. The monoisotopic (exact) mass is 290 g/mol. The van der Waals surface area contributed by atoms with Crippen LogP contribution in [0.1, 0.15) is 32.1 Å². The first kappa shape index (κ1) is 16.1. The summed E-state index contributed by atoms with van der Waals surface area (Å²) in [7, 11) is 0. The van der Waals surface area contributed by atoms with Gasteiger partial charge in [0.2, 0.25) is 0 Å². The molecular weight excluding hydrogens is 268 g/mol. The SMILES string of the molecule is CSC1CCCC(NC(=O)NCC[C@H](O)C(=O)O)C1. The van der Waals surface area contributed by atoms with Gasteiger partial charge < -0.3 is 20.8 Å². The van der Waals surface area contributed by atoms with E-state index in [4.69, 9.17) is 10.2 Å². The minimum atomic E-state index is -1.42. The summed E-state index contributed by atoms with van der Waals surface area (Å²) in [5, 5.41) is 23.6. The summed E-state index contributed by atoms with van der Waals surface area (Å²) < 4.78 is 0. The lowest BCUT2D eigenvalue weighted by Gasteiger charge is -2.28. The fraction of sp³-hybridized carbons (Fsp3) is 0.833. The van der Waals surface area contributed by atoms with Crippen LogP contribution in [-0.2, 0) is 4.79 Å². The van der Waals surface area contributed by atoms with Gasteiger partial charge in [-0.3, -0.25) is 0 Å². The number of carbonyl (C=O) groups is 2. The highest BCUT2D eigenvalue weighted by Crippen LogP contribution is 2.26. The van der Waals surface area contributed by atoms with E-state index < -0.39 is 12.1 Å². The molecule has 0 aromatic carbocycles. The van der Waals surface area contributed by atoms with Gasteiger partial charge in [-0.2, -0.15) is 11.8 Å². The molecule has 2 unspecified atom stereocenters. The van der Waals surface area contributed by atoms with Crippen LogP contribution in [0.25, 0.3) is 0 Å². The Morgan fingerprint density at radius 1 is 1.42 bits per heavy atom. The molecule has 0 heterocycles. The Bertz CT molecular complexity index is 314. The minimum absolute atomic E-state index is 0.0147. The zero-order valence-corrected chi connectivity index (χ0v) is 11.9. The molecule has 0 aliphatic heterocycles. The molecule has 0 aromatic rings. The van der Waals surface area contributed by atoms with E-state index >= 15 is 0 Å². The molecule has 19 heavy (non-hydrogen) atoms. The average Bonchev–Trinajstić information content (AvgIpc) is 2.38. The van der Waals surface area contributed by atoms with E-state index in [1.165, 1.54) is 6.42 Å². The quantitative estimate of drug-likeness (QED) is 0.580. The van der Waals surface area contributed by atoms with E-state index in [2.05, 4.69) is 16.9 Å². The van der Waals surface area contributed by atoms with Crippen molar-refractivity contribution in [3.05, 3.63) is 0 Å². The number of nitrogens with one attached hydrogen (secondary N) is 2. The van der Waals surface area contributed by atoms with Crippen molar-refractivity contribution in [3.8, 4) is 0 Å². The third kappa shape index (κ3) is 6.15. The van der Waals surface area contributed by atoms with Crippen molar-refractivity contribution in [2.75, 3.05) is 12.8 Å². The third-order valence-corrected chi connectivity index (χ3v) is 4.38. The van der Waals surface area contributed by atoms with E-state index in [0.29, 0.717) is 5.25 Å². The number of thioether (sulfide) groups is 1. The number of carboxylic acids is 1. The van der Waals surface area contributed by atoms with Gasteiger partial charge in [-0.1, -0.05) is 6.42 Å². The number of urea groups is 1. The number of carbonyl (C=O) groups excluding carboxylic acids is 1. The fourth-order valence-electron chi connectivity index (χ4n) is 2.17. The van der Waals surface area contributed by atoms with Gasteiger partial charge in [-0.25, -0.2) is 9.59 Å². The van der Waals surface area contributed by atoms with Crippen LogP contribution in [0.2, 0.25) is 0 Å². The Kier molecular flexibility index (Phi) is 7.01. The molecule has 7 heteroatoms. The standard InChI is InChI=1S/C12H22N2O4S/c1-19-9-4-2-3-8(7-9)14-12(18)13-6-5-10(15)11(16)17/h8-10,15H,2-7H2,1H3,(H,16,17)(H2,13,14,18)/t8?,9?,10-/m0/s1. The third-order valence-electron chi connectivity index (χ3n) is 3.28. The molecule has 0 aromatic heterocycles. The highest BCUT2D eigenvalue weighted by Gasteiger charge is 2.22. The van der Waals surface area contributed by atoms with Crippen molar-refractivity contribution >= 4 is 23.8 Å². The van der Waals surface area contributed by atoms with Crippen LogP contribution < -0.4 is 10.6 Å². The molecule has 6 nitrogen and oxygen atoms in total. The number of amides is 2. The van der Waals surface area contributed by atoms with Crippen molar-refractivity contribution < 1.29 is 19.8 Å². The molecule has 0 radical (unpaired) electrons. The van der Waals surface area contributed by atoms with Crippen molar-refractivity contribution in [3.63, 3.8) is 0 Å². The Hall–Kier alpha value is -0.950. The second-order valence-electron chi connectivity index (χ2n) is 4.76. The summed E-state index contributed by atoms with van der Waals surface area (Å²) in [6.07, 6.45) is 4.96. The van der Waals surface area contributed by atoms with Gasteiger partial charge in [-0.15, -0.1) is 0 Å². The second kappa shape index (κ2) is 8.27. The van der Waals surface area contributed by atoms with Crippen LogP contribution in [0.3, 0.4) is 0 Å². The highest BCUT2D eigenvalue weighted by molar-refractivity contribution is 7.99. The summed E-state index contributed by atoms with van der Waals surface area (Å²) in [5.74, 6) is -1.27. The largest absolute Gasteiger partial charge is 0.479 e. The average molecular weight is 290 g/mol. The molecule has 1 rings (SSSR count). The molecule has 1 saturated carbocycles. The summed E-state index contributed by atoms with van der Waals surface area (Å²) in [4.78, 5) is 22.0. The molecule has 0 saturated heterocycles. The number of aliphatic hydroxyl groups excluding tert-OH is 1. The molecule has 0 spiro atoms. The van der Waals surface area contributed by atoms with Gasteiger partial charge in [0.25, 0.3) is 0 Å². The first-order valence-electron chi connectivity index (χ1n) is 6.51. The normalized spacial score (nSPS) is 24.5. The van der Waals surface area contributed by atoms with E-state index in [1.54, 1.807) is 0 Å². The van der Waals surface area contributed by atoms with Crippen molar-refractivity contribution in [1.82, 2.24) is 10.6 Å². The molecule has 1 aliphatic rings. The van der Waals surface area contributed by atoms with Gasteiger partial charge in [0.15, 0.2) is 6.10 Å². The summed E-state index contributed by atoms with van der Waals surface area (Å²) >= 11 is 1.83. The summed E-state index contributed by atoms with van der Waals surface area (Å²) in [6.45, 7) is 0.151. The number of aliphatic hydroxyl groups is 1. The Labute approximate surface area is 117 Å². The zero-order chi connectivity index (χ0) is 14.3. The van der Waals surface area contributed by atoms with Crippen LogP contribution >= 0.6 is 11.8 Å². The molecular formula is C12H22N2O4S. The predicted molar refractivity (Wildman–Crippen MR) is 74.4 cm³/mol. The smallest absolute Gasteiger partial charge is 0.332 e. The Morgan fingerprint density at radius 3 is 2.79 bits per heavy atom. The number of hydrogen-bond donors (Lipinski definition) is 4. The van der Waals surface area contributed by atoms with E-state index in [1.807, 2.05) is 11.8 Å². The van der Waals surface area contributed by atoms with Crippen LogP contribution in [0.4, 0.5) is 4.79 Å². The number of carboxylic acid groups (broad SMARTS) is 1. The maximum atomic E-state index is 11.6. The lowest BCUT2D eigenvalue weighted by Crippen LogP contribution is -2.45. The fourth-order valence-corrected chi connectivity index (χ4v) is 3.00. The number of hydrogen-bond acceptors (Lipinski definition) is 4. The van der Waals surface area contributed by atoms with Crippen LogP contribution in [0, 0.1) is 0 Å². The molecule has 1 aliphatic carbocycles. The molecule has 4 N–H and O–H groups in total. The van der Waals surface area contributed by atoms with Crippen LogP contribution in [0.15, 0.2) is 0 Å². The van der Waals surface area contributed by atoms with Crippen molar-refractivity contribution in [2.45, 2.75) is 49.5 Å². The maximum absolute atomic E-state index is 11.6. The van der Waals surface area contributed by atoms with Crippen molar-refractivity contribution in [1.29, 1.82) is 0 Å². The first-order valence-corrected chi connectivity index (χ1v) is 7.79. The molecule has 3 atom stereocenters. The maximum Gasteiger partial charge on any atom is 0.332 e. The Balaban J connectivity index is 2.18. The summed E-state index contributed by atoms with van der Waals surface area (Å²) in [5.41, 5.74) is 0. The molecule has 2 amide bonds. The lowest BCUT2D eigenvalue weighted by molar-refractivity contribution is -0.146. The molecule has 0 bridgehead atoms. The van der Waals surface area contributed by atoms with Gasteiger partial charge in [0, 0.05) is 24.3 Å². The van der Waals surface area contributed by atoms with E-state index in [0.717, 1.165) is 19.3 Å². The van der Waals surface area contributed by atoms with Crippen LogP contribution in [-0.4, -0.2) is 52.4 Å². The van der Waals surface area contributed by atoms with Crippen molar-refractivity contribution in [2.24, 2.45) is 0 Å². The van der Waals surface area contributed by atoms with Gasteiger partial charge in [-0.05, 0) is 25.5 Å². The van der Waals surface area contributed by atoms with Gasteiger partial charge in [0.1, 0.15) is 0 Å². The topological polar surface area (TPSA) is 98.7 Å². The lowest BCUT2D eigenvalue weighted by atomic mass is 9.95. The number of rotatable bonds is 6. The first-order chi connectivity index (χ1) is 9.02. The van der Waals surface area contributed by atoms with E-state index in [-0.39, 0.29) is 25.0 Å². The number of aliphatic carboxylic acids is 1. The minimum Gasteiger partial charge on any atom is -0.479 e. The van der Waals surface area contributed by atoms with E-state index in [9.17, 15) is 9.59 Å². The summed E-state index contributed by atoms with van der Waals surface area (Å²) in [6, 6.07) is -0.0973. The second-order valence-corrected chi connectivity index (χ2v) is 5.90. The zero-order valence-electron chi connectivity index (χ0n) is 11.1.